The van der Waals surface area contributed by atoms with Crippen LogP contribution in [-0.2, 0) is 6.18 Å². The first-order valence-corrected chi connectivity index (χ1v) is 9.16. The number of piperazine rings is 1. The summed E-state index contributed by atoms with van der Waals surface area (Å²) in [5, 5.41) is 0. The van der Waals surface area contributed by atoms with Gasteiger partial charge < -0.3 is 24.0 Å². The summed E-state index contributed by atoms with van der Waals surface area (Å²) >= 11 is 0. The standard InChI is InChI=1S/C20H22F3N3O4/c1-28-15-10-13(11-16(29-2)18(15)30-3)19(27)26-8-6-25(7-9-26)17-5-4-14(12-24-17)20(21,22)23/h4-5,10-12H,6-9H2,1-3H3. The molecule has 1 aliphatic rings. The summed E-state index contributed by atoms with van der Waals surface area (Å²) in [5.41, 5.74) is -0.395. The van der Waals surface area contributed by atoms with E-state index in [9.17, 15) is 18.0 Å². The highest BCUT2D eigenvalue weighted by molar-refractivity contribution is 5.95. The zero-order chi connectivity index (χ0) is 21.9. The topological polar surface area (TPSA) is 64.1 Å². The predicted octanol–water partition coefficient (Wildman–Crippen LogP) is 3.09. The lowest BCUT2D eigenvalue weighted by Gasteiger charge is -2.35. The second-order valence-corrected chi connectivity index (χ2v) is 6.60. The maximum Gasteiger partial charge on any atom is 0.417 e. The Balaban J connectivity index is 1.70. The molecule has 2 aromatic rings. The molecular weight excluding hydrogens is 403 g/mol. The van der Waals surface area contributed by atoms with Crippen LogP contribution in [0.1, 0.15) is 15.9 Å². The van der Waals surface area contributed by atoms with Gasteiger partial charge in [0, 0.05) is 37.9 Å². The molecule has 162 valence electrons. The molecule has 1 aliphatic heterocycles. The van der Waals surface area contributed by atoms with Crippen LogP contribution in [0.5, 0.6) is 17.2 Å². The van der Waals surface area contributed by atoms with Crippen molar-refractivity contribution in [2.45, 2.75) is 6.18 Å². The number of hydrogen-bond donors (Lipinski definition) is 0. The van der Waals surface area contributed by atoms with Crippen LogP contribution >= 0.6 is 0 Å². The van der Waals surface area contributed by atoms with Gasteiger partial charge in [0.05, 0.1) is 26.9 Å². The lowest BCUT2D eigenvalue weighted by molar-refractivity contribution is -0.137. The number of ether oxygens (including phenoxy) is 3. The number of benzene rings is 1. The highest BCUT2D eigenvalue weighted by Gasteiger charge is 2.31. The second kappa shape index (κ2) is 8.68. The number of carbonyl (C=O) groups excluding carboxylic acids is 1. The van der Waals surface area contributed by atoms with E-state index in [4.69, 9.17) is 14.2 Å². The van der Waals surface area contributed by atoms with Crippen LogP contribution in [0, 0.1) is 0 Å². The molecular formula is C20H22F3N3O4. The zero-order valence-electron chi connectivity index (χ0n) is 16.8. The van der Waals surface area contributed by atoms with Crippen LogP contribution in [0.3, 0.4) is 0 Å². The van der Waals surface area contributed by atoms with Crippen molar-refractivity contribution in [3.8, 4) is 17.2 Å². The maximum absolute atomic E-state index is 12.9. The van der Waals surface area contributed by atoms with Crippen molar-refractivity contribution >= 4 is 11.7 Å². The highest BCUT2D eigenvalue weighted by atomic mass is 19.4. The lowest BCUT2D eigenvalue weighted by Crippen LogP contribution is -2.49. The fourth-order valence-corrected chi connectivity index (χ4v) is 3.27. The molecule has 0 aliphatic carbocycles. The molecule has 1 aromatic carbocycles. The van der Waals surface area contributed by atoms with Crippen LogP contribution in [-0.4, -0.2) is 63.3 Å². The normalized spacial score (nSPS) is 14.5. The maximum atomic E-state index is 12.9. The van der Waals surface area contributed by atoms with E-state index in [0.29, 0.717) is 54.8 Å². The first kappa shape index (κ1) is 21.5. The van der Waals surface area contributed by atoms with Gasteiger partial charge >= 0.3 is 6.18 Å². The molecule has 0 bridgehead atoms. The molecule has 30 heavy (non-hydrogen) atoms. The number of pyridine rings is 1. The number of alkyl halides is 3. The average Bonchev–Trinajstić information content (AvgIpc) is 2.77. The molecule has 0 spiro atoms. The third kappa shape index (κ3) is 4.37. The molecule has 2 heterocycles. The Hall–Kier alpha value is -3.17. The van der Waals surface area contributed by atoms with Gasteiger partial charge in [0.2, 0.25) is 5.75 Å². The van der Waals surface area contributed by atoms with E-state index in [1.807, 2.05) is 4.90 Å². The molecule has 0 saturated carbocycles. The van der Waals surface area contributed by atoms with E-state index in [1.54, 1.807) is 17.0 Å². The van der Waals surface area contributed by atoms with Crippen molar-refractivity contribution in [2.75, 3.05) is 52.4 Å². The number of carbonyl (C=O) groups is 1. The molecule has 3 rings (SSSR count). The van der Waals surface area contributed by atoms with Crippen molar-refractivity contribution in [3.05, 3.63) is 41.6 Å². The van der Waals surface area contributed by atoms with Gasteiger partial charge in [-0.05, 0) is 24.3 Å². The van der Waals surface area contributed by atoms with E-state index in [-0.39, 0.29) is 5.91 Å². The minimum atomic E-state index is -4.42. The van der Waals surface area contributed by atoms with Gasteiger partial charge in [0.25, 0.3) is 5.91 Å². The number of nitrogens with zero attached hydrogens (tertiary/aromatic N) is 3. The summed E-state index contributed by atoms with van der Waals surface area (Å²) in [5.74, 6) is 1.41. The Morgan fingerprint density at radius 3 is 2.00 bits per heavy atom. The van der Waals surface area contributed by atoms with Gasteiger partial charge in [-0.2, -0.15) is 13.2 Å². The first-order valence-electron chi connectivity index (χ1n) is 9.16. The SMILES string of the molecule is COc1cc(C(=O)N2CCN(c3ccc(C(F)(F)F)cn3)CC2)cc(OC)c1OC. The summed E-state index contributed by atoms with van der Waals surface area (Å²) in [4.78, 5) is 20.4. The minimum Gasteiger partial charge on any atom is -0.493 e. The van der Waals surface area contributed by atoms with Crippen LogP contribution in [0.15, 0.2) is 30.5 Å². The van der Waals surface area contributed by atoms with Crippen molar-refractivity contribution in [1.82, 2.24) is 9.88 Å². The van der Waals surface area contributed by atoms with E-state index in [2.05, 4.69) is 4.98 Å². The fourth-order valence-electron chi connectivity index (χ4n) is 3.27. The third-order valence-electron chi connectivity index (χ3n) is 4.88. The summed E-state index contributed by atoms with van der Waals surface area (Å²) in [6, 6.07) is 5.54. The van der Waals surface area contributed by atoms with Crippen molar-refractivity contribution in [1.29, 1.82) is 0 Å². The monoisotopic (exact) mass is 425 g/mol. The van der Waals surface area contributed by atoms with Gasteiger partial charge in [-0.15, -0.1) is 0 Å². The van der Waals surface area contributed by atoms with Crippen LogP contribution in [0.2, 0.25) is 0 Å². The van der Waals surface area contributed by atoms with E-state index < -0.39 is 11.7 Å². The Morgan fingerprint density at radius 2 is 1.57 bits per heavy atom. The summed E-state index contributed by atoms with van der Waals surface area (Å²) in [7, 11) is 4.43. The molecule has 0 N–H and O–H groups in total. The zero-order valence-corrected chi connectivity index (χ0v) is 16.8. The number of hydrogen-bond acceptors (Lipinski definition) is 6. The molecule has 1 aromatic heterocycles. The largest absolute Gasteiger partial charge is 0.493 e. The molecule has 10 heteroatoms. The Morgan fingerprint density at radius 1 is 0.967 bits per heavy atom. The number of rotatable bonds is 5. The van der Waals surface area contributed by atoms with Crippen molar-refractivity contribution < 1.29 is 32.2 Å². The molecule has 1 saturated heterocycles. The molecule has 0 radical (unpaired) electrons. The van der Waals surface area contributed by atoms with E-state index in [0.717, 1.165) is 12.3 Å². The Kier molecular flexibility index (Phi) is 6.23. The molecule has 1 amide bonds. The highest BCUT2D eigenvalue weighted by Crippen LogP contribution is 2.38. The average molecular weight is 425 g/mol. The fraction of sp³-hybridized carbons (Fsp3) is 0.400. The number of amides is 1. The smallest absolute Gasteiger partial charge is 0.417 e. The van der Waals surface area contributed by atoms with Crippen LogP contribution in [0.4, 0.5) is 19.0 Å². The van der Waals surface area contributed by atoms with Crippen molar-refractivity contribution in [2.24, 2.45) is 0 Å². The Labute approximate surface area is 172 Å². The quantitative estimate of drug-likeness (QED) is 0.734. The number of anilines is 1. The lowest BCUT2D eigenvalue weighted by atomic mass is 10.1. The molecule has 0 unspecified atom stereocenters. The van der Waals surface area contributed by atoms with Crippen LogP contribution in [0.25, 0.3) is 0 Å². The third-order valence-corrected chi connectivity index (χ3v) is 4.88. The summed E-state index contributed by atoms with van der Waals surface area (Å²) in [6.45, 7) is 1.71. The number of methoxy groups -OCH3 is 3. The minimum absolute atomic E-state index is 0.200. The number of halogens is 3. The summed E-state index contributed by atoms with van der Waals surface area (Å²) in [6.07, 6.45) is -3.60. The van der Waals surface area contributed by atoms with Crippen molar-refractivity contribution in [3.63, 3.8) is 0 Å². The second-order valence-electron chi connectivity index (χ2n) is 6.60. The Bertz CT molecular complexity index is 870. The van der Waals surface area contributed by atoms with Gasteiger partial charge in [-0.3, -0.25) is 4.79 Å². The van der Waals surface area contributed by atoms with Gasteiger partial charge in [0.1, 0.15) is 5.82 Å². The van der Waals surface area contributed by atoms with Gasteiger partial charge in [-0.1, -0.05) is 0 Å². The van der Waals surface area contributed by atoms with E-state index in [1.165, 1.54) is 27.4 Å². The molecule has 1 fully saturated rings. The van der Waals surface area contributed by atoms with Crippen LogP contribution < -0.4 is 19.1 Å². The molecule has 7 nitrogen and oxygen atoms in total. The van der Waals surface area contributed by atoms with Gasteiger partial charge in [0.15, 0.2) is 11.5 Å². The predicted molar refractivity (Wildman–Crippen MR) is 103 cm³/mol. The first-order chi connectivity index (χ1) is 14.3. The number of aromatic nitrogens is 1. The van der Waals surface area contributed by atoms with Gasteiger partial charge in [-0.25, -0.2) is 4.98 Å². The summed E-state index contributed by atoms with van der Waals surface area (Å²) < 4.78 is 53.9. The molecule has 0 atom stereocenters. The van der Waals surface area contributed by atoms with E-state index >= 15 is 0 Å².